The normalized spacial score (nSPS) is 9.73. The molecule has 0 amide bonds. The van der Waals surface area contributed by atoms with Crippen LogP contribution in [0.15, 0.2) is 18.7 Å². The first kappa shape index (κ1) is 10.5. The molecular formula is C8H15ClN2. The topological polar surface area (TPSA) is 17.8 Å². The number of hydrogen-bond acceptors (Lipinski definition) is 1. The minimum atomic E-state index is 0. The molecule has 1 heterocycles. The molecule has 1 aromatic heterocycles. The number of aryl methyl sites for hydroxylation is 1. The molecule has 11 heavy (non-hydrogen) atoms. The third kappa shape index (κ3) is 4.04. The maximum absolute atomic E-state index is 3.96. The molecule has 1 rings (SSSR count). The number of hydrogen-bond donors (Lipinski definition) is 0. The van der Waals surface area contributed by atoms with Crippen molar-refractivity contribution in [3.63, 3.8) is 0 Å². The highest BCUT2D eigenvalue weighted by atomic mass is 35.5. The van der Waals surface area contributed by atoms with Gasteiger partial charge >= 0.3 is 0 Å². The Labute approximate surface area is 74.0 Å². The van der Waals surface area contributed by atoms with Crippen molar-refractivity contribution in [1.29, 1.82) is 0 Å². The number of nitrogens with zero attached hydrogens (tertiary/aromatic N) is 2. The van der Waals surface area contributed by atoms with Crippen LogP contribution in [0.25, 0.3) is 0 Å². The second-order valence-corrected chi connectivity index (χ2v) is 2.98. The van der Waals surface area contributed by atoms with Gasteiger partial charge in [0, 0.05) is 18.9 Å². The zero-order valence-corrected chi connectivity index (χ0v) is 7.84. The number of imidazole rings is 1. The van der Waals surface area contributed by atoms with E-state index in [4.69, 9.17) is 0 Å². The first-order valence-electron chi connectivity index (χ1n) is 3.75. The maximum Gasteiger partial charge on any atom is 0.0945 e. The second-order valence-electron chi connectivity index (χ2n) is 2.98. The monoisotopic (exact) mass is 174 g/mol. The van der Waals surface area contributed by atoms with E-state index in [1.165, 1.54) is 6.42 Å². The summed E-state index contributed by atoms with van der Waals surface area (Å²) in [5.74, 6) is 0.780. The lowest BCUT2D eigenvalue weighted by Gasteiger charge is -2.03. The molecule has 0 aliphatic heterocycles. The van der Waals surface area contributed by atoms with Crippen molar-refractivity contribution in [3.8, 4) is 0 Å². The van der Waals surface area contributed by atoms with Crippen LogP contribution in [0, 0.1) is 5.92 Å². The van der Waals surface area contributed by atoms with Gasteiger partial charge < -0.3 is 4.57 Å². The van der Waals surface area contributed by atoms with E-state index in [-0.39, 0.29) is 12.4 Å². The van der Waals surface area contributed by atoms with Crippen LogP contribution in [0.4, 0.5) is 0 Å². The average molecular weight is 175 g/mol. The van der Waals surface area contributed by atoms with Gasteiger partial charge in [-0.3, -0.25) is 0 Å². The van der Waals surface area contributed by atoms with Crippen LogP contribution in [-0.2, 0) is 6.54 Å². The van der Waals surface area contributed by atoms with Crippen molar-refractivity contribution in [3.05, 3.63) is 18.7 Å². The molecule has 0 unspecified atom stereocenters. The van der Waals surface area contributed by atoms with Crippen LogP contribution in [0.3, 0.4) is 0 Å². The molecule has 0 aliphatic rings. The lowest BCUT2D eigenvalue weighted by Crippen LogP contribution is -1.98. The van der Waals surface area contributed by atoms with Gasteiger partial charge in [-0.2, -0.15) is 0 Å². The molecule has 3 heteroatoms. The molecule has 0 saturated heterocycles. The van der Waals surface area contributed by atoms with E-state index in [0.717, 1.165) is 12.5 Å². The molecule has 0 radical (unpaired) electrons. The third-order valence-corrected chi connectivity index (χ3v) is 1.52. The van der Waals surface area contributed by atoms with Crippen LogP contribution >= 0.6 is 12.4 Å². The Morgan fingerprint density at radius 1 is 1.45 bits per heavy atom. The van der Waals surface area contributed by atoms with Gasteiger partial charge in [-0.1, -0.05) is 13.8 Å². The van der Waals surface area contributed by atoms with Gasteiger partial charge in [-0.25, -0.2) is 4.98 Å². The van der Waals surface area contributed by atoms with Crippen LogP contribution in [0.5, 0.6) is 0 Å². The van der Waals surface area contributed by atoms with Crippen LogP contribution in [0.2, 0.25) is 0 Å². The van der Waals surface area contributed by atoms with E-state index in [9.17, 15) is 0 Å². The zero-order chi connectivity index (χ0) is 7.40. The zero-order valence-electron chi connectivity index (χ0n) is 7.03. The molecule has 0 aliphatic carbocycles. The summed E-state index contributed by atoms with van der Waals surface area (Å²) < 4.78 is 2.11. The van der Waals surface area contributed by atoms with Crippen molar-refractivity contribution in [2.24, 2.45) is 5.92 Å². The fourth-order valence-corrected chi connectivity index (χ4v) is 0.826. The minimum Gasteiger partial charge on any atom is -0.337 e. The largest absolute Gasteiger partial charge is 0.337 e. The summed E-state index contributed by atoms with van der Waals surface area (Å²) in [5.41, 5.74) is 0. The molecule has 0 spiro atoms. The lowest BCUT2D eigenvalue weighted by molar-refractivity contribution is 0.516. The molecule has 0 atom stereocenters. The van der Waals surface area contributed by atoms with Gasteiger partial charge in [0.05, 0.1) is 6.33 Å². The van der Waals surface area contributed by atoms with Gasteiger partial charge in [0.15, 0.2) is 0 Å². The van der Waals surface area contributed by atoms with Crippen molar-refractivity contribution in [2.45, 2.75) is 26.8 Å². The third-order valence-electron chi connectivity index (χ3n) is 1.52. The first-order valence-corrected chi connectivity index (χ1v) is 3.75. The summed E-state index contributed by atoms with van der Waals surface area (Å²) in [5, 5.41) is 0. The van der Waals surface area contributed by atoms with Crippen molar-refractivity contribution in [2.75, 3.05) is 0 Å². The fourth-order valence-electron chi connectivity index (χ4n) is 0.826. The van der Waals surface area contributed by atoms with Gasteiger partial charge in [0.1, 0.15) is 0 Å². The van der Waals surface area contributed by atoms with Crippen LogP contribution in [-0.4, -0.2) is 9.55 Å². The summed E-state index contributed by atoms with van der Waals surface area (Å²) in [6.45, 7) is 5.56. The summed E-state index contributed by atoms with van der Waals surface area (Å²) in [4.78, 5) is 3.96. The Kier molecular flexibility index (Phi) is 4.95. The Balaban J connectivity index is 0.000001000. The van der Waals surface area contributed by atoms with Crippen molar-refractivity contribution in [1.82, 2.24) is 9.55 Å². The molecular weight excluding hydrogens is 160 g/mol. The van der Waals surface area contributed by atoms with E-state index < -0.39 is 0 Å². The first-order chi connectivity index (χ1) is 4.79. The molecule has 0 N–H and O–H groups in total. The highest BCUT2D eigenvalue weighted by molar-refractivity contribution is 5.85. The smallest absolute Gasteiger partial charge is 0.0945 e. The molecule has 0 aromatic carbocycles. The lowest BCUT2D eigenvalue weighted by atomic mass is 10.1. The standard InChI is InChI=1S/C8H14N2.ClH/c1-8(2)3-5-10-6-4-9-7-10;/h4,6-8H,3,5H2,1-2H3;1H. The van der Waals surface area contributed by atoms with Crippen LogP contribution in [0.1, 0.15) is 20.3 Å². The number of rotatable bonds is 3. The van der Waals surface area contributed by atoms with Crippen LogP contribution < -0.4 is 0 Å². The second kappa shape index (κ2) is 5.19. The van der Waals surface area contributed by atoms with E-state index >= 15 is 0 Å². The van der Waals surface area contributed by atoms with Crippen molar-refractivity contribution < 1.29 is 0 Å². The van der Waals surface area contributed by atoms with Gasteiger partial charge in [-0.05, 0) is 12.3 Å². The van der Waals surface area contributed by atoms with E-state index in [1.54, 1.807) is 0 Å². The van der Waals surface area contributed by atoms with Gasteiger partial charge in [0.2, 0.25) is 0 Å². The predicted octanol–water partition coefficient (Wildman–Crippen LogP) is 2.35. The molecule has 64 valence electrons. The predicted molar refractivity (Wildman–Crippen MR) is 48.9 cm³/mol. The fraction of sp³-hybridized carbons (Fsp3) is 0.625. The minimum absolute atomic E-state index is 0. The molecule has 0 bridgehead atoms. The highest BCUT2D eigenvalue weighted by Gasteiger charge is 1.93. The Morgan fingerprint density at radius 2 is 2.18 bits per heavy atom. The van der Waals surface area contributed by atoms with Gasteiger partial charge in [0.25, 0.3) is 0 Å². The van der Waals surface area contributed by atoms with Gasteiger partial charge in [-0.15, -0.1) is 12.4 Å². The quantitative estimate of drug-likeness (QED) is 0.688. The molecule has 2 nitrogen and oxygen atoms in total. The summed E-state index contributed by atoms with van der Waals surface area (Å²) in [6, 6.07) is 0. The highest BCUT2D eigenvalue weighted by Crippen LogP contribution is 2.01. The summed E-state index contributed by atoms with van der Waals surface area (Å²) in [7, 11) is 0. The number of aromatic nitrogens is 2. The SMILES string of the molecule is CC(C)CCn1ccnc1.Cl. The Bertz CT molecular complexity index is 170. The van der Waals surface area contributed by atoms with E-state index in [1.807, 2.05) is 18.7 Å². The Morgan fingerprint density at radius 3 is 2.64 bits per heavy atom. The van der Waals surface area contributed by atoms with Crippen molar-refractivity contribution >= 4 is 12.4 Å². The summed E-state index contributed by atoms with van der Waals surface area (Å²) in [6.07, 6.45) is 6.92. The molecule has 0 fully saturated rings. The number of halogens is 1. The molecule has 1 aromatic rings. The summed E-state index contributed by atoms with van der Waals surface area (Å²) >= 11 is 0. The van der Waals surface area contributed by atoms with E-state index in [2.05, 4.69) is 23.4 Å². The molecule has 0 saturated carbocycles. The van der Waals surface area contributed by atoms with E-state index in [0.29, 0.717) is 0 Å². The maximum atomic E-state index is 3.96. The average Bonchev–Trinajstić information content (AvgIpc) is 2.34. The Hall–Kier alpha value is -0.500.